The van der Waals surface area contributed by atoms with Crippen LogP contribution in [0, 0.1) is 35.5 Å². The quantitative estimate of drug-likeness (QED) is 0.0286. The van der Waals surface area contributed by atoms with E-state index in [1.807, 2.05) is 81.4 Å². The van der Waals surface area contributed by atoms with Gasteiger partial charge in [0.05, 0.1) is 83.9 Å². The second-order valence-corrected chi connectivity index (χ2v) is 23.5. The van der Waals surface area contributed by atoms with Crippen molar-refractivity contribution in [3.63, 3.8) is 0 Å². The maximum atomic E-state index is 12.3. The predicted octanol–water partition coefficient (Wildman–Crippen LogP) is -0.666. The number of aliphatic hydroxyl groups excluding tert-OH is 11. The summed E-state index contributed by atoms with van der Waals surface area (Å²) in [6, 6.07) is 18.9. The molecule has 8 rings (SSSR count). The van der Waals surface area contributed by atoms with Crippen molar-refractivity contribution in [2.45, 2.75) is 202 Å². The second kappa shape index (κ2) is 32.2. The normalized spacial score (nSPS) is 42.7. The Hall–Kier alpha value is -3.25. The smallest absolute Gasteiger partial charge is 0.187 e. The number of hydrogen-bond donors (Lipinski definition) is 11. The van der Waals surface area contributed by atoms with Crippen molar-refractivity contribution < 1.29 is 122 Å². The number of azide groups is 1. The van der Waals surface area contributed by atoms with Gasteiger partial charge in [0, 0.05) is 28.6 Å². The third-order valence-electron chi connectivity index (χ3n) is 17.8. The zero-order valence-corrected chi connectivity index (χ0v) is 49.1. The Morgan fingerprint density at radius 2 is 0.884 bits per heavy atom. The fraction of sp³-hybridized carbons (Fsp3) is 0.793. The lowest BCUT2D eigenvalue weighted by atomic mass is 9.84. The summed E-state index contributed by atoms with van der Waals surface area (Å²) in [5.41, 5.74) is 10.8. The molecule has 0 bridgehead atoms. The molecule has 0 aromatic heterocycles. The Morgan fingerprint density at radius 1 is 0.442 bits per heavy atom. The van der Waals surface area contributed by atoms with E-state index in [1.54, 1.807) is 20.8 Å². The van der Waals surface area contributed by atoms with E-state index in [1.165, 1.54) is 0 Å². The highest BCUT2D eigenvalue weighted by molar-refractivity contribution is 5.14. The van der Waals surface area contributed by atoms with Crippen LogP contribution in [0.4, 0.5) is 0 Å². The molecule has 0 radical (unpaired) electrons. The van der Waals surface area contributed by atoms with Gasteiger partial charge in [0.2, 0.25) is 0 Å². The number of benzene rings is 2. The second-order valence-electron chi connectivity index (χ2n) is 23.5. The zero-order valence-electron chi connectivity index (χ0n) is 49.1. The Labute approximate surface area is 499 Å². The van der Waals surface area contributed by atoms with Gasteiger partial charge in [0.25, 0.3) is 0 Å². The molecule has 0 spiro atoms. The molecule has 0 saturated carbocycles. The maximum Gasteiger partial charge on any atom is 0.187 e. The molecule has 28 nitrogen and oxygen atoms in total. The summed E-state index contributed by atoms with van der Waals surface area (Å²) in [7, 11) is 0. The van der Waals surface area contributed by atoms with Gasteiger partial charge in [0.1, 0.15) is 98.3 Å². The van der Waals surface area contributed by atoms with Gasteiger partial charge >= 0.3 is 0 Å². The molecule has 0 aliphatic carbocycles. The van der Waals surface area contributed by atoms with Crippen LogP contribution in [0.25, 0.3) is 10.4 Å². The molecule has 28 heteroatoms. The van der Waals surface area contributed by atoms with Crippen LogP contribution in [0.3, 0.4) is 0 Å². The highest BCUT2D eigenvalue weighted by atomic mass is 16.8. The number of rotatable bonds is 28. The third kappa shape index (κ3) is 16.1. The van der Waals surface area contributed by atoms with E-state index in [-0.39, 0.29) is 32.3 Å². The summed E-state index contributed by atoms with van der Waals surface area (Å²) >= 11 is 0. The molecule has 6 heterocycles. The van der Waals surface area contributed by atoms with Crippen LogP contribution in [0.1, 0.15) is 52.7 Å². The fourth-order valence-corrected chi connectivity index (χ4v) is 12.0. The van der Waals surface area contributed by atoms with Crippen LogP contribution >= 0.6 is 0 Å². The number of ether oxygens (including phenoxy) is 14. The molecule has 11 N–H and O–H groups in total. The van der Waals surface area contributed by atoms with E-state index in [9.17, 15) is 56.2 Å². The molecule has 6 saturated heterocycles. The van der Waals surface area contributed by atoms with Crippen molar-refractivity contribution >= 4 is 0 Å². The van der Waals surface area contributed by atoms with Crippen LogP contribution in [-0.2, 0) is 79.5 Å². The van der Waals surface area contributed by atoms with E-state index in [0.29, 0.717) is 0 Å². The van der Waals surface area contributed by atoms with Crippen molar-refractivity contribution in [2.24, 2.45) is 40.6 Å². The molecule has 2 aromatic rings. The Morgan fingerprint density at radius 3 is 1.40 bits per heavy atom. The highest BCUT2D eigenvalue weighted by Crippen LogP contribution is 2.42. The Balaban J connectivity index is 1.01. The molecule has 6 fully saturated rings. The lowest BCUT2D eigenvalue weighted by molar-refractivity contribution is -0.365. The van der Waals surface area contributed by atoms with Crippen molar-refractivity contribution in [1.29, 1.82) is 0 Å². The van der Waals surface area contributed by atoms with E-state index >= 15 is 0 Å². The highest BCUT2D eigenvalue weighted by Gasteiger charge is 2.57. The maximum absolute atomic E-state index is 12.3. The minimum absolute atomic E-state index is 0.0171. The first-order valence-corrected chi connectivity index (χ1v) is 29.6. The molecule has 486 valence electrons. The van der Waals surface area contributed by atoms with Crippen LogP contribution in [0.2, 0.25) is 0 Å². The molecular formula is C58H89N3O25. The van der Waals surface area contributed by atoms with E-state index in [2.05, 4.69) is 10.0 Å². The SMILES string of the molecule is CC1[C@@H](O[C@H]2C(CO)O[C@H](OCN=[N+]=[N-])C(C)[C@H]2OC[C@@H]2O[C@@H]([C@H](O)CO)C(O[C@H]3OC(CO)[C@H](O[C@H]4OC(COCc5ccccc5)[C@H](O)[C@H](C)C4C)[C@H](O[C@@H]4O[C@@H]([C@H](O)CO)C(O)[C@@H]4O)C3C)[C@@H]2O)OC(COCc2ccccc2)[C@H](O)[C@@H]1C. The van der Waals surface area contributed by atoms with Crippen molar-refractivity contribution in [2.75, 3.05) is 53.0 Å². The predicted molar refractivity (Wildman–Crippen MR) is 294 cm³/mol. The Kier molecular flexibility index (Phi) is 25.7. The molecule has 2 aromatic carbocycles. The average molecular weight is 1230 g/mol. The van der Waals surface area contributed by atoms with Crippen molar-refractivity contribution in [3.8, 4) is 0 Å². The van der Waals surface area contributed by atoms with E-state index in [4.69, 9.17) is 71.8 Å². The fourth-order valence-electron chi connectivity index (χ4n) is 12.0. The first-order valence-electron chi connectivity index (χ1n) is 29.6. The van der Waals surface area contributed by atoms with E-state index in [0.717, 1.165) is 11.1 Å². The van der Waals surface area contributed by atoms with Gasteiger partial charge < -0.3 is 122 Å². The summed E-state index contributed by atoms with van der Waals surface area (Å²) in [5, 5.41) is 125. The molecule has 6 aliphatic heterocycles. The molecule has 30 atom stereocenters. The molecule has 10 unspecified atom stereocenters. The van der Waals surface area contributed by atoms with Gasteiger partial charge in [-0.1, -0.05) is 107 Å². The average Bonchev–Trinajstić information content (AvgIpc) is 2.25. The minimum atomic E-state index is -1.79. The summed E-state index contributed by atoms with van der Waals surface area (Å²) in [6.07, 6.45) is -31.7. The van der Waals surface area contributed by atoms with Crippen LogP contribution in [0.5, 0.6) is 0 Å². The van der Waals surface area contributed by atoms with E-state index < -0.39 is 217 Å². The standard InChI is InChI=1S/C58H89N3O25/c1-27-29(3)55(80-39(42(27)68)23-73-21-33-13-9-7-10-14-33)84-51-37(19-64)78-54(76-26-60-61-59)31(5)47(51)75-25-41-44(70)53(50(77-41)36(67)18-63)86-57-32(6)48(82-58-46(72)45(71)49(83-58)35(66)17-62)52(38(20-65)79-57)85-56-30(4)28(2)43(69)40(81-56)24-74-22-34-15-11-8-12-16-34/h7-16,27-32,35-58,62-72H,17-26H2,1-6H3/t27-,28-,29?,30?,31?,32?,35-,36-,37?,38?,39?,40?,41+,42-,43-,44-,45?,46+,47-,48-,49+,50+,51+,52+,53?,54+,55-,56-,57-,58-/m1/s1. The Bertz CT molecular complexity index is 2360. The molecular weight excluding hydrogens is 1140 g/mol. The largest absolute Gasteiger partial charge is 0.394 e. The summed E-state index contributed by atoms with van der Waals surface area (Å²) < 4.78 is 88.3. The molecule has 0 amide bonds. The summed E-state index contributed by atoms with van der Waals surface area (Å²) in [6.45, 7) is 7.13. The van der Waals surface area contributed by atoms with Crippen LogP contribution in [-0.4, -0.2) is 257 Å². The monoisotopic (exact) mass is 1230 g/mol. The summed E-state index contributed by atoms with van der Waals surface area (Å²) in [5.74, 6) is -3.50. The van der Waals surface area contributed by atoms with Gasteiger partial charge in [-0.2, -0.15) is 0 Å². The van der Waals surface area contributed by atoms with Gasteiger partial charge in [-0.05, 0) is 28.5 Å². The summed E-state index contributed by atoms with van der Waals surface area (Å²) in [4.78, 5) is 2.75. The third-order valence-corrected chi connectivity index (χ3v) is 17.8. The molecule has 6 aliphatic rings. The lowest BCUT2D eigenvalue weighted by Gasteiger charge is -2.49. The van der Waals surface area contributed by atoms with Gasteiger partial charge in [0.15, 0.2) is 31.5 Å². The topological polar surface area (TPSA) is 401 Å². The van der Waals surface area contributed by atoms with Gasteiger partial charge in [-0.15, -0.1) is 0 Å². The van der Waals surface area contributed by atoms with Gasteiger partial charge in [-0.25, -0.2) is 0 Å². The first-order chi connectivity index (χ1) is 41.3. The zero-order chi connectivity index (χ0) is 61.9. The van der Waals surface area contributed by atoms with Crippen LogP contribution < -0.4 is 0 Å². The first kappa shape index (κ1) is 68.7. The lowest BCUT2D eigenvalue weighted by Crippen LogP contribution is -2.62. The molecule has 86 heavy (non-hydrogen) atoms. The number of nitrogens with zero attached hydrogens (tertiary/aromatic N) is 3. The minimum Gasteiger partial charge on any atom is -0.394 e. The number of aliphatic hydroxyl groups is 11. The number of hydrogen-bond acceptors (Lipinski definition) is 26. The van der Waals surface area contributed by atoms with Gasteiger partial charge in [-0.3, -0.25) is 0 Å². The van der Waals surface area contributed by atoms with Crippen molar-refractivity contribution in [1.82, 2.24) is 0 Å². The van der Waals surface area contributed by atoms with Crippen molar-refractivity contribution in [3.05, 3.63) is 82.2 Å². The van der Waals surface area contributed by atoms with Crippen LogP contribution in [0.15, 0.2) is 65.8 Å².